The molecule has 0 fully saturated rings. The molecule has 2 nitrogen and oxygen atoms in total. The Morgan fingerprint density at radius 1 is 0.600 bits per heavy atom. The van der Waals surface area contributed by atoms with Crippen molar-refractivity contribution in [3.8, 4) is 0 Å². The smallest absolute Gasteiger partial charge is 0.0932 e. The van der Waals surface area contributed by atoms with E-state index >= 15 is 0 Å². The Labute approximate surface area is 93.9 Å². The van der Waals surface area contributed by atoms with Gasteiger partial charge in [-0.2, -0.15) is 0 Å². The molecule has 0 rings (SSSR count). The van der Waals surface area contributed by atoms with E-state index in [0.29, 0.717) is 0 Å². The first-order chi connectivity index (χ1) is 7.28. The van der Waals surface area contributed by atoms with Crippen LogP contribution in [0.2, 0.25) is 0 Å². The highest BCUT2D eigenvalue weighted by Gasteiger charge is 2.07. The molecule has 0 atom stereocenters. The monoisotopic (exact) mass is 205 g/mol. The van der Waals surface area contributed by atoms with Gasteiger partial charge in [0, 0.05) is 26.2 Å². The molecule has 0 aliphatic rings. The molecule has 0 spiro atoms. The highest BCUT2D eigenvalue weighted by molar-refractivity contribution is 4.88. The number of hydrogen-bond donors (Lipinski definition) is 0. The number of rotatable bonds is 10. The van der Waals surface area contributed by atoms with Crippen LogP contribution in [0, 0.1) is 6.67 Å². The lowest BCUT2D eigenvalue weighted by Crippen LogP contribution is -2.33. The molecule has 0 aliphatic heterocycles. The van der Waals surface area contributed by atoms with Crippen molar-refractivity contribution in [2.45, 2.75) is 0 Å². The first-order valence-corrected chi connectivity index (χ1v) is 5.05. The molecule has 0 N–H and O–H groups in total. The van der Waals surface area contributed by atoms with E-state index in [0.717, 1.165) is 26.2 Å². The Kier molecular flexibility index (Phi) is 8.73. The predicted molar refractivity (Wildman–Crippen MR) is 68.2 cm³/mol. The van der Waals surface area contributed by atoms with Gasteiger partial charge in [-0.1, -0.05) is 24.3 Å². The molecule has 0 unspecified atom stereocenters. The van der Waals surface area contributed by atoms with Gasteiger partial charge in [-0.25, -0.2) is 0 Å². The molecule has 1 radical (unpaired) electrons. The fraction of sp³-hybridized carbons (Fsp3) is 0.308. The van der Waals surface area contributed by atoms with Crippen LogP contribution in [-0.4, -0.2) is 36.0 Å². The van der Waals surface area contributed by atoms with E-state index in [1.54, 1.807) is 0 Å². The maximum atomic E-state index is 3.73. The third-order valence-electron chi connectivity index (χ3n) is 1.78. The summed E-state index contributed by atoms with van der Waals surface area (Å²) < 4.78 is 0. The van der Waals surface area contributed by atoms with Crippen LogP contribution in [0.3, 0.4) is 0 Å². The molecular weight excluding hydrogens is 184 g/mol. The number of hydrogen-bond acceptors (Lipinski definition) is 2. The van der Waals surface area contributed by atoms with Gasteiger partial charge in [0.15, 0.2) is 0 Å². The van der Waals surface area contributed by atoms with Crippen molar-refractivity contribution >= 4 is 0 Å². The van der Waals surface area contributed by atoms with Crippen LogP contribution in [0.15, 0.2) is 50.6 Å². The van der Waals surface area contributed by atoms with Gasteiger partial charge in [0.2, 0.25) is 0 Å². The van der Waals surface area contributed by atoms with Crippen molar-refractivity contribution in [2.24, 2.45) is 0 Å². The summed E-state index contributed by atoms with van der Waals surface area (Å²) in [7, 11) is 0. The summed E-state index contributed by atoms with van der Waals surface area (Å²) >= 11 is 0. The fourth-order valence-electron chi connectivity index (χ4n) is 1.23. The van der Waals surface area contributed by atoms with Gasteiger partial charge in [-0.3, -0.25) is 9.80 Å². The van der Waals surface area contributed by atoms with Crippen molar-refractivity contribution in [1.82, 2.24) is 9.80 Å². The molecule has 2 heteroatoms. The van der Waals surface area contributed by atoms with Crippen LogP contribution in [0.1, 0.15) is 0 Å². The summed E-state index contributed by atoms with van der Waals surface area (Å²) in [5.74, 6) is 0. The van der Waals surface area contributed by atoms with E-state index in [-0.39, 0.29) is 0 Å². The second kappa shape index (κ2) is 9.44. The molecule has 83 valence electrons. The average molecular weight is 205 g/mol. The van der Waals surface area contributed by atoms with Crippen LogP contribution in [0.4, 0.5) is 0 Å². The van der Waals surface area contributed by atoms with E-state index < -0.39 is 0 Å². The molecule has 0 aromatic rings. The van der Waals surface area contributed by atoms with E-state index in [4.69, 9.17) is 0 Å². The van der Waals surface area contributed by atoms with Crippen LogP contribution in [-0.2, 0) is 0 Å². The predicted octanol–water partition coefficient (Wildman–Crippen LogP) is 2.45. The van der Waals surface area contributed by atoms with Crippen molar-refractivity contribution < 1.29 is 0 Å². The van der Waals surface area contributed by atoms with E-state index in [9.17, 15) is 0 Å². The van der Waals surface area contributed by atoms with Crippen molar-refractivity contribution in [3.63, 3.8) is 0 Å². The first-order valence-electron chi connectivity index (χ1n) is 5.05. The molecule has 0 aromatic heterocycles. The van der Waals surface area contributed by atoms with Gasteiger partial charge < -0.3 is 0 Å². The van der Waals surface area contributed by atoms with Gasteiger partial charge in [0.05, 0.1) is 6.67 Å². The molecule has 0 amide bonds. The Morgan fingerprint density at radius 3 is 1.07 bits per heavy atom. The second-order valence-corrected chi connectivity index (χ2v) is 3.18. The minimum atomic E-state index is 0.816. The minimum Gasteiger partial charge on any atom is -0.278 e. The standard InChI is InChI=1S/C13H21N2/c1-5-9-14(10-6-2)13-15(11-7-3)12-8-4/h5-8,13H,1-4,9-12H2. The molecular formula is C13H21N2. The third kappa shape index (κ3) is 6.89. The zero-order chi connectivity index (χ0) is 11.5. The topological polar surface area (TPSA) is 6.48 Å². The summed E-state index contributed by atoms with van der Waals surface area (Å²) in [5, 5.41) is 0. The molecule has 0 aromatic carbocycles. The molecule has 0 saturated heterocycles. The Morgan fingerprint density at radius 2 is 0.867 bits per heavy atom. The maximum absolute atomic E-state index is 3.73. The summed E-state index contributed by atoms with van der Waals surface area (Å²) in [4.78, 5) is 4.26. The lowest BCUT2D eigenvalue weighted by atomic mass is 10.4. The summed E-state index contributed by atoms with van der Waals surface area (Å²) in [5.41, 5.74) is 0. The third-order valence-corrected chi connectivity index (χ3v) is 1.78. The van der Waals surface area contributed by atoms with E-state index in [1.165, 1.54) is 0 Å². The quantitative estimate of drug-likeness (QED) is 0.505. The van der Waals surface area contributed by atoms with Gasteiger partial charge in [-0.05, 0) is 0 Å². The lowest BCUT2D eigenvalue weighted by Gasteiger charge is -2.26. The lowest BCUT2D eigenvalue weighted by molar-refractivity contribution is 0.253. The summed E-state index contributed by atoms with van der Waals surface area (Å²) in [6, 6.07) is 0. The van der Waals surface area contributed by atoms with Crippen LogP contribution in [0.5, 0.6) is 0 Å². The Balaban J connectivity index is 4.15. The largest absolute Gasteiger partial charge is 0.278 e. The Bertz CT molecular complexity index is 167. The van der Waals surface area contributed by atoms with Crippen molar-refractivity contribution in [1.29, 1.82) is 0 Å². The van der Waals surface area contributed by atoms with Crippen LogP contribution < -0.4 is 0 Å². The molecule has 0 heterocycles. The van der Waals surface area contributed by atoms with Crippen molar-refractivity contribution in [2.75, 3.05) is 26.2 Å². The normalized spacial score (nSPS) is 10.3. The Hall–Kier alpha value is -1.12. The van der Waals surface area contributed by atoms with Crippen LogP contribution in [0.25, 0.3) is 0 Å². The van der Waals surface area contributed by atoms with E-state index in [2.05, 4.69) is 42.8 Å². The average Bonchev–Trinajstić information content (AvgIpc) is 2.19. The first kappa shape index (κ1) is 13.9. The van der Waals surface area contributed by atoms with Gasteiger partial charge in [-0.15, -0.1) is 26.3 Å². The maximum Gasteiger partial charge on any atom is 0.0932 e. The second-order valence-electron chi connectivity index (χ2n) is 3.18. The van der Waals surface area contributed by atoms with Gasteiger partial charge >= 0.3 is 0 Å². The van der Waals surface area contributed by atoms with Crippen molar-refractivity contribution in [3.05, 3.63) is 57.3 Å². The minimum absolute atomic E-state index is 0.816. The zero-order valence-corrected chi connectivity index (χ0v) is 9.44. The molecule has 0 saturated carbocycles. The molecule has 15 heavy (non-hydrogen) atoms. The number of nitrogens with zero attached hydrogens (tertiary/aromatic N) is 2. The van der Waals surface area contributed by atoms with Gasteiger partial charge in [0.25, 0.3) is 0 Å². The highest BCUT2D eigenvalue weighted by Crippen LogP contribution is 2.01. The molecule has 0 bridgehead atoms. The van der Waals surface area contributed by atoms with Gasteiger partial charge in [0.1, 0.15) is 0 Å². The summed E-state index contributed by atoms with van der Waals surface area (Å²) in [6.45, 7) is 20.2. The fourth-order valence-corrected chi connectivity index (χ4v) is 1.23. The summed E-state index contributed by atoms with van der Waals surface area (Å²) in [6.07, 6.45) is 7.50. The highest BCUT2D eigenvalue weighted by atomic mass is 15.3. The SMILES string of the molecule is C=CCN([CH]N(CC=C)CC=C)CC=C. The van der Waals surface area contributed by atoms with E-state index in [1.807, 2.05) is 24.3 Å². The molecule has 0 aliphatic carbocycles. The van der Waals surface area contributed by atoms with Crippen LogP contribution >= 0.6 is 0 Å². The zero-order valence-electron chi connectivity index (χ0n) is 9.44.